The summed E-state index contributed by atoms with van der Waals surface area (Å²) in [4.78, 5) is 12.3. The quantitative estimate of drug-likeness (QED) is 0.525. The number of sulfonamides is 2. The van der Waals surface area contributed by atoms with Crippen molar-refractivity contribution in [2.75, 3.05) is 38.6 Å². The SMILES string of the molecule is CCCS(=O)(=O)N1CCC(NC(=O)CCNS(=O)(=O)c2ccc3c(c2)OCCCO3)CC1. The fourth-order valence-electron chi connectivity index (χ4n) is 3.66. The molecule has 0 bridgehead atoms. The van der Waals surface area contributed by atoms with Gasteiger partial charge in [-0.2, -0.15) is 0 Å². The number of rotatable bonds is 9. The van der Waals surface area contributed by atoms with E-state index in [2.05, 4.69) is 10.0 Å². The number of nitrogens with one attached hydrogen (secondary N) is 2. The summed E-state index contributed by atoms with van der Waals surface area (Å²) in [6.07, 6.45) is 2.35. The van der Waals surface area contributed by atoms with Gasteiger partial charge in [0.15, 0.2) is 11.5 Å². The fraction of sp³-hybridized carbons (Fsp3) is 0.650. The van der Waals surface area contributed by atoms with E-state index in [4.69, 9.17) is 9.47 Å². The maximum Gasteiger partial charge on any atom is 0.240 e. The Hall–Kier alpha value is -1.89. The summed E-state index contributed by atoms with van der Waals surface area (Å²) in [6, 6.07) is 4.31. The van der Waals surface area contributed by atoms with Gasteiger partial charge in [-0.25, -0.2) is 25.9 Å². The molecular weight excluding hydrogens is 458 g/mol. The van der Waals surface area contributed by atoms with Crippen LogP contribution in [0.2, 0.25) is 0 Å². The number of hydrogen-bond donors (Lipinski definition) is 2. The van der Waals surface area contributed by atoms with Gasteiger partial charge in [-0.3, -0.25) is 4.79 Å². The normalized spacial score (nSPS) is 18.2. The smallest absolute Gasteiger partial charge is 0.240 e. The minimum absolute atomic E-state index is 0.0157. The Kier molecular flexibility index (Phi) is 8.37. The standard InChI is InChI=1S/C20H31N3O7S2/c1-2-14-31(25,26)23-10-7-16(8-11-23)22-20(24)6-9-21-32(27,28)17-4-5-18-19(15-17)30-13-3-12-29-18/h4-5,15-16,21H,2-3,6-14H2,1H3,(H,22,24). The maximum atomic E-state index is 12.6. The van der Waals surface area contributed by atoms with Crippen molar-refractivity contribution >= 4 is 26.0 Å². The predicted molar refractivity (Wildman–Crippen MR) is 119 cm³/mol. The fourth-order valence-corrected chi connectivity index (χ4v) is 6.25. The molecule has 1 amide bonds. The Morgan fingerprint density at radius 3 is 2.47 bits per heavy atom. The molecule has 32 heavy (non-hydrogen) atoms. The molecule has 1 fully saturated rings. The van der Waals surface area contributed by atoms with Crippen molar-refractivity contribution in [2.24, 2.45) is 0 Å². The highest BCUT2D eigenvalue weighted by molar-refractivity contribution is 7.89. The van der Waals surface area contributed by atoms with E-state index in [-0.39, 0.29) is 35.6 Å². The van der Waals surface area contributed by atoms with Crippen LogP contribution in [0.25, 0.3) is 0 Å². The molecule has 10 nitrogen and oxygen atoms in total. The van der Waals surface area contributed by atoms with Gasteiger partial charge >= 0.3 is 0 Å². The van der Waals surface area contributed by atoms with Crippen LogP contribution in [0, 0.1) is 0 Å². The van der Waals surface area contributed by atoms with Crippen molar-refractivity contribution in [3.05, 3.63) is 18.2 Å². The molecule has 1 aromatic rings. The topological polar surface area (TPSA) is 131 Å². The molecule has 0 saturated carbocycles. The zero-order valence-corrected chi connectivity index (χ0v) is 19.8. The van der Waals surface area contributed by atoms with Gasteiger partial charge in [0.1, 0.15) is 0 Å². The summed E-state index contributed by atoms with van der Waals surface area (Å²) in [5.74, 6) is 0.749. The average Bonchev–Trinajstić information content (AvgIpc) is 2.99. The minimum Gasteiger partial charge on any atom is -0.490 e. The molecule has 180 valence electrons. The second-order valence-corrected chi connectivity index (χ2v) is 11.7. The molecule has 2 N–H and O–H groups in total. The monoisotopic (exact) mass is 489 g/mol. The van der Waals surface area contributed by atoms with Crippen LogP contribution in [-0.4, -0.2) is 71.7 Å². The van der Waals surface area contributed by atoms with Crippen LogP contribution in [0.15, 0.2) is 23.1 Å². The largest absolute Gasteiger partial charge is 0.490 e. The van der Waals surface area contributed by atoms with E-state index in [1.807, 2.05) is 6.92 Å². The number of carbonyl (C=O) groups excluding carboxylic acids is 1. The molecular formula is C20H31N3O7S2. The number of carbonyl (C=O) groups is 1. The third kappa shape index (κ3) is 6.56. The molecule has 1 aromatic carbocycles. The lowest BCUT2D eigenvalue weighted by molar-refractivity contribution is -0.121. The van der Waals surface area contributed by atoms with E-state index >= 15 is 0 Å². The van der Waals surface area contributed by atoms with Crippen LogP contribution in [0.4, 0.5) is 0 Å². The molecule has 0 radical (unpaired) electrons. The summed E-state index contributed by atoms with van der Waals surface area (Å²) in [5.41, 5.74) is 0. The van der Waals surface area contributed by atoms with Crippen molar-refractivity contribution in [1.29, 1.82) is 0 Å². The molecule has 2 aliphatic heterocycles. The van der Waals surface area contributed by atoms with Crippen molar-refractivity contribution in [3.63, 3.8) is 0 Å². The Labute approximate surface area is 189 Å². The minimum atomic E-state index is -3.80. The maximum absolute atomic E-state index is 12.6. The molecule has 1 saturated heterocycles. The summed E-state index contributed by atoms with van der Waals surface area (Å²) >= 11 is 0. The number of benzene rings is 1. The first-order chi connectivity index (χ1) is 15.2. The van der Waals surface area contributed by atoms with Crippen LogP contribution in [-0.2, 0) is 24.8 Å². The highest BCUT2D eigenvalue weighted by Crippen LogP contribution is 2.31. The number of piperidine rings is 1. The van der Waals surface area contributed by atoms with E-state index < -0.39 is 20.0 Å². The van der Waals surface area contributed by atoms with Gasteiger partial charge < -0.3 is 14.8 Å². The number of nitrogens with zero attached hydrogens (tertiary/aromatic N) is 1. The van der Waals surface area contributed by atoms with E-state index in [0.717, 1.165) is 6.42 Å². The van der Waals surface area contributed by atoms with E-state index in [1.54, 1.807) is 6.07 Å². The predicted octanol–water partition coefficient (Wildman–Crippen LogP) is 0.837. The first-order valence-electron chi connectivity index (χ1n) is 10.9. The Morgan fingerprint density at radius 1 is 1.09 bits per heavy atom. The Balaban J connectivity index is 1.44. The number of amides is 1. The second kappa shape index (κ2) is 10.8. The van der Waals surface area contributed by atoms with Gasteiger partial charge in [0.05, 0.1) is 23.9 Å². The second-order valence-electron chi connectivity index (χ2n) is 7.86. The molecule has 0 aromatic heterocycles. The van der Waals surface area contributed by atoms with Crippen LogP contribution in [0.1, 0.15) is 39.0 Å². The highest BCUT2D eigenvalue weighted by atomic mass is 32.2. The van der Waals surface area contributed by atoms with Crippen molar-refractivity contribution < 1.29 is 31.1 Å². The molecule has 0 aliphatic carbocycles. The van der Waals surface area contributed by atoms with Crippen molar-refractivity contribution in [1.82, 2.24) is 14.3 Å². The van der Waals surface area contributed by atoms with Crippen LogP contribution < -0.4 is 19.5 Å². The van der Waals surface area contributed by atoms with Crippen molar-refractivity contribution in [3.8, 4) is 11.5 Å². The Bertz CT molecular complexity index is 1000. The lowest BCUT2D eigenvalue weighted by Gasteiger charge is -2.31. The summed E-state index contributed by atoms with van der Waals surface area (Å²) in [7, 11) is -7.03. The molecule has 0 unspecified atom stereocenters. The van der Waals surface area contributed by atoms with Gasteiger partial charge in [-0.05, 0) is 31.4 Å². The van der Waals surface area contributed by atoms with Crippen molar-refractivity contribution in [2.45, 2.75) is 50.0 Å². The summed E-state index contributed by atoms with van der Waals surface area (Å²) in [6.45, 7) is 3.50. The van der Waals surface area contributed by atoms with Gasteiger partial charge in [0.25, 0.3) is 0 Å². The number of hydrogen-bond acceptors (Lipinski definition) is 7. The third-order valence-corrected chi connectivity index (χ3v) is 8.88. The highest BCUT2D eigenvalue weighted by Gasteiger charge is 2.28. The zero-order valence-electron chi connectivity index (χ0n) is 18.2. The average molecular weight is 490 g/mol. The molecule has 2 aliphatic rings. The molecule has 12 heteroatoms. The lowest BCUT2D eigenvalue weighted by atomic mass is 10.1. The first kappa shape index (κ1) is 24.7. The molecule has 0 spiro atoms. The third-order valence-electron chi connectivity index (χ3n) is 5.35. The van der Waals surface area contributed by atoms with Gasteiger partial charge in [0.2, 0.25) is 26.0 Å². The Morgan fingerprint density at radius 2 is 1.78 bits per heavy atom. The van der Waals surface area contributed by atoms with Crippen LogP contribution >= 0.6 is 0 Å². The van der Waals surface area contributed by atoms with Gasteiger partial charge in [-0.1, -0.05) is 6.92 Å². The van der Waals surface area contributed by atoms with E-state index in [9.17, 15) is 21.6 Å². The molecule has 3 rings (SSSR count). The van der Waals surface area contributed by atoms with Crippen LogP contribution in [0.3, 0.4) is 0 Å². The zero-order chi connectivity index (χ0) is 23.2. The number of fused-ring (bicyclic) bond motifs is 1. The van der Waals surface area contributed by atoms with Gasteiger partial charge in [-0.15, -0.1) is 0 Å². The number of ether oxygens (including phenoxy) is 2. The first-order valence-corrected chi connectivity index (χ1v) is 14.0. The van der Waals surface area contributed by atoms with E-state index in [0.29, 0.717) is 57.1 Å². The molecule has 2 heterocycles. The molecule has 0 atom stereocenters. The van der Waals surface area contributed by atoms with E-state index in [1.165, 1.54) is 16.4 Å². The van der Waals surface area contributed by atoms with Crippen LogP contribution in [0.5, 0.6) is 11.5 Å². The summed E-state index contributed by atoms with van der Waals surface area (Å²) in [5, 5.41) is 2.86. The van der Waals surface area contributed by atoms with Gasteiger partial charge in [0, 0.05) is 44.6 Å². The lowest BCUT2D eigenvalue weighted by Crippen LogP contribution is -2.47. The summed E-state index contributed by atoms with van der Waals surface area (Å²) < 4.78 is 64.3.